The standard InChI is InChI=1S/C7H14O6/c1-3(9)5(11)7(13)6(12)4(10)2-8/h2-7,9-13H,1H3/t3-,4-,5+,6+,7-/m1/s1. The molecule has 0 aromatic heterocycles. The minimum Gasteiger partial charge on any atom is -0.391 e. The van der Waals surface area contributed by atoms with Crippen LogP contribution < -0.4 is 0 Å². The first-order valence-corrected chi connectivity index (χ1v) is 3.77. The predicted molar refractivity (Wildman–Crippen MR) is 41.8 cm³/mol. The molecule has 5 atom stereocenters. The fourth-order valence-corrected chi connectivity index (χ4v) is 0.770. The summed E-state index contributed by atoms with van der Waals surface area (Å²) in [5.74, 6) is 0. The van der Waals surface area contributed by atoms with Gasteiger partial charge in [-0.3, -0.25) is 0 Å². The topological polar surface area (TPSA) is 118 Å². The maximum absolute atomic E-state index is 9.98. The zero-order valence-electron chi connectivity index (χ0n) is 7.11. The molecule has 0 rings (SSSR count). The Bertz CT molecular complexity index is 159. The largest absolute Gasteiger partial charge is 0.391 e. The van der Waals surface area contributed by atoms with Crippen LogP contribution in [0.25, 0.3) is 0 Å². The SMILES string of the molecule is C[C@@H](O)[C@H](O)[C@@H](O)[C@@H](O)[C@H](O)C=O. The summed E-state index contributed by atoms with van der Waals surface area (Å²) in [7, 11) is 0. The average molecular weight is 194 g/mol. The van der Waals surface area contributed by atoms with Gasteiger partial charge in [0.1, 0.15) is 24.4 Å². The van der Waals surface area contributed by atoms with E-state index in [0.29, 0.717) is 0 Å². The molecule has 0 saturated heterocycles. The number of hydrogen-bond donors (Lipinski definition) is 5. The summed E-state index contributed by atoms with van der Waals surface area (Å²) in [4.78, 5) is 9.98. The van der Waals surface area contributed by atoms with Crippen LogP contribution in [0.15, 0.2) is 0 Å². The fourth-order valence-electron chi connectivity index (χ4n) is 0.770. The molecule has 0 spiro atoms. The highest BCUT2D eigenvalue weighted by atomic mass is 16.4. The maximum atomic E-state index is 9.98. The number of aldehydes is 1. The van der Waals surface area contributed by atoms with Crippen LogP contribution in [-0.4, -0.2) is 62.3 Å². The molecule has 0 fully saturated rings. The lowest BCUT2D eigenvalue weighted by atomic mass is 10.0. The third-order valence-corrected chi connectivity index (χ3v) is 1.68. The van der Waals surface area contributed by atoms with Gasteiger partial charge in [-0.25, -0.2) is 0 Å². The van der Waals surface area contributed by atoms with Crippen LogP contribution in [-0.2, 0) is 4.79 Å². The second-order valence-corrected chi connectivity index (χ2v) is 2.84. The zero-order chi connectivity index (χ0) is 10.6. The van der Waals surface area contributed by atoms with Gasteiger partial charge >= 0.3 is 0 Å². The van der Waals surface area contributed by atoms with Gasteiger partial charge in [-0.1, -0.05) is 0 Å². The van der Waals surface area contributed by atoms with Gasteiger partial charge in [0, 0.05) is 0 Å². The molecule has 0 amide bonds. The van der Waals surface area contributed by atoms with Gasteiger partial charge in [0.25, 0.3) is 0 Å². The normalized spacial score (nSPS) is 22.9. The molecular formula is C7H14O6. The van der Waals surface area contributed by atoms with Crippen molar-refractivity contribution in [3.8, 4) is 0 Å². The first kappa shape index (κ1) is 12.5. The maximum Gasteiger partial charge on any atom is 0.151 e. The van der Waals surface area contributed by atoms with E-state index >= 15 is 0 Å². The monoisotopic (exact) mass is 194 g/mol. The van der Waals surface area contributed by atoms with Crippen molar-refractivity contribution in [2.75, 3.05) is 0 Å². The van der Waals surface area contributed by atoms with Crippen LogP contribution in [0.2, 0.25) is 0 Å². The first-order valence-electron chi connectivity index (χ1n) is 3.77. The fraction of sp³-hybridized carbons (Fsp3) is 0.857. The number of carbonyl (C=O) groups excluding carboxylic acids is 1. The molecule has 0 aromatic carbocycles. The van der Waals surface area contributed by atoms with E-state index in [1.165, 1.54) is 6.92 Å². The quantitative estimate of drug-likeness (QED) is 0.298. The molecule has 0 aliphatic rings. The Balaban J connectivity index is 4.23. The summed E-state index contributed by atoms with van der Waals surface area (Å²) in [5.41, 5.74) is 0. The molecule has 0 aliphatic carbocycles. The van der Waals surface area contributed by atoms with E-state index in [9.17, 15) is 4.79 Å². The third kappa shape index (κ3) is 3.37. The van der Waals surface area contributed by atoms with E-state index in [0.717, 1.165) is 0 Å². The Kier molecular flexibility index (Phi) is 5.04. The van der Waals surface area contributed by atoms with Crippen molar-refractivity contribution in [3.63, 3.8) is 0 Å². The smallest absolute Gasteiger partial charge is 0.151 e. The Morgan fingerprint density at radius 2 is 1.38 bits per heavy atom. The van der Waals surface area contributed by atoms with Crippen molar-refractivity contribution in [1.82, 2.24) is 0 Å². The van der Waals surface area contributed by atoms with Crippen LogP contribution in [0.3, 0.4) is 0 Å². The predicted octanol–water partition coefficient (Wildman–Crippen LogP) is -2.99. The molecule has 0 heterocycles. The molecule has 0 unspecified atom stereocenters. The van der Waals surface area contributed by atoms with Crippen molar-refractivity contribution in [3.05, 3.63) is 0 Å². The van der Waals surface area contributed by atoms with E-state index in [1.54, 1.807) is 0 Å². The van der Waals surface area contributed by atoms with E-state index in [-0.39, 0.29) is 6.29 Å². The zero-order valence-corrected chi connectivity index (χ0v) is 7.11. The van der Waals surface area contributed by atoms with Crippen LogP contribution in [0.5, 0.6) is 0 Å². The van der Waals surface area contributed by atoms with Gasteiger partial charge in [0.2, 0.25) is 0 Å². The Hall–Kier alpha value is -0.530. The molecule has 0 aromatic rings. The molecule has 6 nitrogen and oxygen atoms in total. The van der Waals surface area contributed by atoms with Crippen molar-refractivity contribution >= 4 is 6.29 Å². The molecule has 0 bridgehead atoms. The highest BCUT2D eigenvalue weighted by molar-refractivity contribution is 5.56. The van der Waals surface area contributed by atoms with Gasteiger partial charge < -0.3 is 30.3 Å². The molecule has 13 heavy (non-hydrogen) atoms. The summed E-state index contributed by atoms with van der Waals surface area (Å²) < 4.78 is 0. The summed E-state index contributed by atoms with van der Waals surface area (Å²) in [5, 5.41) is 44.7. The number of aliphatic hydroxyl groups is 5. The van der Waals surface area contributed by atoms with E-state index < -0.39 is 30.5 Å². The van der Waals surface area contributed by atoms with Gasteiger partial charge in [0.15, 0.2) is 6.29 Å². The summed E-state index contributed by atoms with van der Waals surface area (Å²) in [6.45, 7) is 1.20. The molecule has 0 radical (unpaired) electrons. The van der Waals surface area contributed by atoms with Crippen molar-refractivity contribution in [2.45, 2.75) is 37.4 Å². The third-order valence-electron chi connectivity index (χ3n) is 1.68. The summed E-state index contributed by atoms with van der Waals surface area (Å²) in [6, 6.07) is 0. The van der Waals surface area contributed by atoms with Crippen LogP contribution in [0.4, 0.5) is 0 Å². The molecule has 0 saturated carbocycles. The van der Waals surface area contributed by atoms with Crippen LogP contribution in [0.1, 0.15) is 6.92 Å². The molecular weight excluding hydrogens is 180 g/mol. The Morgan fingerprint density at radius 1 is 0.923 bits per heavy atom. The highest BCUT2D eigenvalue weighted by Crippen LogP contribution is 2.06. The highest BCUT2D eigenvalue weighted by Gasteiger charge is 2.32. The second-order valence-electron chi connectivity index (χ2n) is 2.84. The van der Waals surface area contributed by atoms with E-state index in [4.69, 9.17) is 25.5 Å². The van der Waals surface area contributed by atoms with Gasteiger partial charge in [-0.05, 0) is 6.92 Å². The van der Waals surface area contributed by atoms with E-state index in [1.807, 2.05) is 0 Å². The number of rotatable bonds is 5. The van der Waals surface area contributed by atoms with Gasteiger partial charge in [-0.15, -0.1) is 0 Å². The lowest BCUT2D eigenvalue weighted by Gasteiger charge is -2.25. The first-order chi connectivity index (χ1) is 5.91. The number of carbonyl (C=O) groups is 1. The van der Waals surface area contributed by atoms with Gasteiger partial charge in [0.05, 0.1) is 6.10 Å². The van der Waals surface area contributed by atoms with E-state index in [2.05, 4.69) is 0 Å². The lowest BCUT2D eigenvalue weighted by Crippen LogP contribution is -2.48. The minimum absolute atomic E-state index is 0.0304. The van der Waals surface area contributed by atoms with Crippen LogP contribution >= 0.6 is 0 Å². The Labute approximate surface area is 75.1 Å². The van der Waals surface area contributed by atoms with Crippen molar-refractivity contribution in [1.29, 1.82) is 0 Å². The molecule has 5 N–H and O–H groups in total. The lowest BCUT2D eigenvalue weighted by molar-refractivity contribution is -0.142. The van der Waals surface area contributed by atoms with Crippen molar-refractivity contribution in [2.24, 2.45) is 0 Å². The summed E-state index contributed by atoms with van der Waals surface area (Å²) >= 11 is 0. The Morgan fingerprint density at radius 3 is 1.69 bits per heavy atom. The van der Waals surface area contributed by atoms with Crippen LogP contribution in [0, 0.1) is 0 Å². The molecule has 0 aliphatic heterocycles. The minimum atomic E-state index is -1.80. The van der Waals surface area contributed by atoms with Gasteiger partial charge in [-0.2, -0.15) is 0 Å². The molecule has 78 valence electrons. The molecule has 6 heteroatoms. The number of hydrogen-bond acceptors (Lipinski definition) is 6. The average Bonchev–Trinajstić information content (AvgIpc) is 2.12. The number of aliphatic hydroxyl groups excluding tert-OH is 5. The van der Waals surface area contributed by atoms with Crippen molar-refractivity contribution < 1.29 is 30.3 Å². The second kappa shape index (κ2) is 5.25. The summed E-state index contributed by atoms with van der Waals surface area (Å²) in [6.07, 6.45) is -8.18.